The van der Waals surface area contributed by atoms with Crippen LogP contribution in [0.25, 0.3) is 0 Å². The molecule has 0 saturated carbocycles. The summed E-state index contributed by atoms with van der Waals surface area (Å²) in [5.41, 5.74) is 0.258. The first-order chi connectivity index (χ1) is 8.84. The van der Waals surface area contributed by atoms with Crippen molar-refractivity contribution in [3.63, 3.8) is 0 Å². The number of carboxylic acid groups (broad SMARTS) is 1. The lowest BCUT2D eigenvalue weighted by atomic mass is 10.1. The van der Waals surface area contributed by atoms with Crippen molar-refractivity contribution in [3.05, 3.63) is 41.5 Å². The minimum absolute atomic E-state index is 0.257. The van der Waals surface area contributed by atoms with Crippen LogP contribution < -0.4 is 5.32 Å². The second-order valence-corrected chi connectivity index (χ2v) is 3.84. The molecule has 0 aliphatic heterocycles. The topological polar surface area (TPSA) is 49.3 Å². The average molecular weight is 273 g/mol. The summed E-state index contributed by atoms with van der Waals surface area (Å²) in [6.45, 7) is 2.26. The van der Waals surface area contributed by atoms with Crippen LogP contribution in [0.5, 0.6) is 0 Å². The van der Waals surface area contributed by atoms with Gasteiger partial charge in [0.25, 0.3) is 0 Å². The van der Waals surface area contributed by atoms with Crippen LogP contribution in [0.2, 0.25) is 0 Å². The normalized spacial score (nSPS) is 11.8. The molecule has 0 fully saturated rings. The van der Waals surface area contributed by atoms with E-state index in [1.165, 1.54) is 12.1 Å². The second-order valence-electron chi connectivity index (χ2n) is 3.84. The number of aliphatic carboxylic acids is 1. The van der Waals surface area contributed by atoms with Gasteiger partial charge in [-0.1, -0.05) is 12.1 Å². The number of nitrogens with one attached hydrogen (secondary N) is 1. The van der Waals surface area contributed by atoms with E-state index in [4.69, 9.17) is 5.11 Å². The highest BCUT2D eigenvalue weighted by Crippen LogP contribution is 2.32. The van der Waals surface area contributed by atoms with Gasteiger partial charge in [-0.05, 0) is 31.0 Å². The number of rotatable bonds is 5. The lowest BCUT2D eigenvalue weighted by molar-refractivity contribution is -0.137. The summed E-state index contributed by atoms with van der Waals surface area (Å²) in [7, 11) is 0. The third-order valence-corrected chi connectivity index (χ3v) is 2.40. The van der Waals surface area contributed by atoms with Crippen molar-refractivity contribution >= 4 is 11.7 Å². The maximum Gasteiger partial charge on any atom is 0.416 e. The van der Waals surface area contributed by atoms with Gasteiger partial charge in [0.2, 0.25) is 0 Å². The standard InChI is InChI=1S/C13H14F3NO2/c1-2-17-11-8-10(13(14,15)16)7-6-9(11)4-3-5-12(18)19/h3,5-8,17H,2,4H2,1H3,(H,18,19). The quantitative estimate of drug-likeness (QED) is 0.809. The van der Waals surface area contributed by atoms with Crippen LogP contribution in [0.4, 0.5) is 18.9 Å². The number of benzene rings is 1. The molecule has 0 radical (unpaired) electrons. The molecule has 1 aromatic rings. The number of carboxylic acids is 1. The molecule has 3 nitrogen and oxygen atoms in total. The molecule has 19 heavy (non-hydrogen) atoms. The van der Waals surface area contributed by atoms with Crippen LogP contribution >= 0.6 is 0 Å². The first-order valence-electron chi connectivity index (χ1n) is 5.68. The van der Waals surface area contributed by atoms with Gasteiger partial charge in [-0.3, -0.25) is 0 Å². The molecule has 1 rings (SSSR count). The van der Waals surface area contributed by atoms with E-state index in [0.717, 1.165) is 18.2 Å². The minimum atomic E-state index is -4.39. The van der Waals surface area contributed by atoms with Gasteiger partial charge in [-0.2, -0.15) is 13.2 Å². The summed E-state index contributed by atoms with van der Waals surface area (Å²) in [6.07, 6.45) is -1.77. The van der Waals surface area contributed by atoms with Gasteiger partial charge in [0.1, 0.15) is 0 Å². The van der Waals surface area contributed by atoms with Gasteiger partial charge in [0.05, 0.1) is 5.56 Å². The van der Waals surface area contributed by atoms with Crippen LogP contribution in [0.3, 0.4) is 0 Å². The molecule has 2 N–H and O–H groups in total. The Morgan fingerprint density at radius 2 is 2.11 bits per heavy atom. The summed E-state index contributed by atoms with van der Waals surface area (Å²) in [5, 5.41) is 11.3. The van der Waals surface area contributed by atoms with Crippen LogP contribution in [-0.4, -0.2) is 17.6 Å². The van der Waals surface area contributed by atoms with Gasteiger partial charge >= 0.3 is 12.1 Å². The van der Waals surface area contributed by atoms with Crippen LogP contribution in [0, 0.1) is 0 Å². The number of anilines is 1. The molecule has 0 spiro atoms. The molecular weight excluding hydrogens is 259 g/mol. The zero-order valence-corrected chi connectivity index (χ0v) is 10.3. The lowest BCUT2D eigenvalue weighted by Gasteiger charge is -2.13. The first kappa shape index (κ1) is 15.1. The summed E-state index contributed by atoms with van der Waals surface area (Å²) in [6, 6.07) is 3.38. The highest BCUT2D eigenvalue weighted by molar-refractivity contribution is 5.79. The fourth-order valence-corrected chi connectivity index (χ4v) is 1.57. The molecule has 1 aromatic carbocycles. The van der Waals surface area contributed by atoms with Crippen molar-refractivity contribution in [3.8, 4) is 0 Å². The van der Waals surface area contributed by atoms with Gasteiger partial charge in [0, 0.05) is 18.3 Å². The largest absolute Gasteiger partial charge is 0.478 e. The average Bonchev–Trinajstić information content (AvgIpc) is 2.29. The van der Waals surface area contributed by atoms with Crippen molar-refractivity contribution in [1.29, 1.82) is 0 Å². The Morgan fingerprint density at radius 1 is 1.42 bits per heavy atom. The minimum Gasteiger partial charge on any atom is -0.478 e. The third kappa shape index (κ3) is 4.65. The van der Waals surface area contributed by atoms with Crippen molar-refractivity contribution in [2.75, 3.05) is 11.9 Å². The predicted octanol–water partition coefficient (Wildman–Crippen LogP) is 3.32. The van der Waals surface area contributed by atoms with Gasteiger partial charge in [0.15, 0.2) is 0 Å². The molecule has 0 aromatic heterocycles. The van der Waals surface area contributed by atoms with Crippen LogP contribution in [0.1, 0.15) is 18.1 Å². The van der Waals surface area contributed by atoms with E-state index in [9.17, 15) is 18.0 Å². The molecule has 104 valence electrons. The number of hydrogen-bond acceptors (Lipinski definition) is 2. The third-order valence-electron chi connectivity index (χ3n) is 2.40. The Bertz CT molecular complexity index is 481. The van der Waals surface area contributed by atoms with Crippen LogP contribution in [0.15, 0.2) is 30.4 Å². The van der Waals surface area contributed by atoms with Crippen molar-refractivity contribution in [2.24, 2.45) is 0 Å². The van der Waals surface area contributed by atoms with E-state index in [-0.39, 0.29) is 6.42 Å². The summed E-state index contributed by atoms with van der Waals surface area (Å²) < 4.78 is 37.7. The maximum absolute atomic E-state index is 12.6. The summed E-state index contributed by atoms with van der Waals surface area (Å²) >= 11 is 0. The fourth-order valence-electron chi connectivity index (χ4n) is 1.57. The zero-order chi connectivity index (χ0) is 14.5. The maximum atomic E-state index is 12.6. The number of carbonyl (C=O) groups is 1. The Hall–Kier alpha value is -1.98. The molecule has 6 heteroatoms. The highest BCUT2D eigenvalue weighted by atomic mass is 19.4. The smallest absolute Gasteiger partial charge is 0.416 e. The fraction of sp³-hybridized carbons (Fsp3) is 0.308. The second kappa shape index (κ2) is 6.26. The number of halogens is 3. The SMILES string of the molecule is CCNc1cc(C(F)(F)F)ccc1CC=CC(=O)O. The van der Waals surface area contributed by atoms with E-state index < -0.39 is 17.7 Å². The molecular formula is C13H14F3NO2. The van der Waals surface area contributed by atoms with Crippen molar-refractivity contribution < 1.29 is 23.1 Å². The van der Waals surface area contributed by atoms with E-state index in [1.807, 2.05) is 0 Å². The van der Waals surface area contributed by atoms with E-state index in [2.05, 4.69) is 5.32 Å². The molecule has 0 unspecified atom stereocenters. The lowest BCUT2D eigenvalue weighted by Crippen LogP contribution is -2.08. The molecule has 0 bridgehead atoms. The van der Waals surface area contributed by atoms with Gasteiger partial charge in [-0.15, -0.1) is 0 Å². The summed E-state index contributed by atoms with van der Waals surface area (Å²) in [5.74, 6) is -1.09. The van der Waals surface area contributed by atoms with Gasteiger partial charge in [-0.25, -0.2) is 4.79 Å². The summed E-state index contributed by atoms with van der Waals surface area (Å²) in [4.78, 5) is 10.3. The monoisotopic (exact) mass is 273 g/mol. The van der Waals surface area contributed by atoms with Crippen LogP contribution in [-0.2, 0) is 17.4 Å². The van der Waals surface area contributed by atoms with E-state index in [1.54, 1.807) is 6.92 Å². The predicted molar refractivity (Wildman–Crippen MR) is 66.1 cm³/mol. The Labute approximate surface area is 108 Å². The number of allylic oxidation sites excluding steroid dienone is 1. The molecule has 0 aliphatic rings. The number of hydrogen-bond donors (Lipinski definition) is 2. The molecule has 0 saturated heterocycles. The first-order valence-corrected chi connectivity index (χ1v) is 5.68. The highest BCUT2D eigenvalue weighted by Gasteiger charge is 2.30. The van der Waals surface area contributed by atoms with Crippen molar-refractivity contribution in [1.82, 2.24) is 0 Å². The Morgan fingerprint density at radius 3 is 2.63 bits per heavy atom. The molecule has 0 aliphatic carbocycles. The van der Waals surface area contributed by atoms with Gasteiger partial charge < -0.3 is 10.4 Å². The molecule has 0 amide bonds. The zero-order valence-electron chi connectivity index (χ0n) is 10.3. The van der Waals surface area contributed by atoms with E-state index >= 15 is 0 Å². The van der Waals surface area contributed by atoms with E-state index in [0.29, 0.717) is 17.8 Å². The molecule has 0 heterocycles. The molecule has 0 atom stereocenters. The number of alkyl halides is 3. The van der Waals surface area contributed by atoms with Crippen molar-refractivity contribution in [2.45, 2.75) is 19.5 Å². The Balaban J connectivity index is 3.01. The Kier molecular flexibility index (Phi) is 4.97.